The lowest BCUT2D eigenvalue weighted by Gasteiger charge is -2.06. The molecule has 0 fully saturated rings. The number of halogens is 1. The molecule has 2 rings (SSSR count). The first-order chi connectivity index (χ1) is 8.19. The van der Waals surface area contributed by atoms with Crippen LogP contribution in [0, 0.1) is 0 Å². The van der Waals surface area contributed by atoms with Crippen molar-refractivity contribution in [2.24, 2.45) is 0 Å². The van der Waals surface area contributed by atoms with Gasteiger partial charge in [-0.15, -0.1) is 12.4 Å². The predicted molar refractivity (Wildman–Crippen MR) is 72.2 cm³/mol. The molecule has 0 unspecified atom stereocenters. The van der Waals surface area contributed by atoms with Gasteiger partial charge in [0.15, 0.2) is 0 Å². The summed E-state index contributed by atoms with van der Waals surface area (Å²) in [5.41, 5.74) is 1.63. The zero-order chi connectivity index (χ0) is 12.3. The number of hydrogen-bond donors (Lipinski definition) is 3. The third-order valence-electron chi connectivity index (χ3n) is 2.51. The van der Waals surface area contributed by atoms with E-state index in [1.165, 1.54) is 6.07 Å². The van der Waals surface area contributed by atoms with Crippen molar-refractivity contribution in [3.63, 3.8) is 0 Å². The fourth-order valence-corrected chi connectivity index (χ4v) is 1.53. The standard InChI is InChI=1S/C12H15N3O2.ClH/c1-2-15-8-10(7-14-15)13-6-9-3-4-11(16)5-12(9)17;/h3-5,7-8,13,16-17H,2,6H2,1H3;1H. The summed E-state index contributed by atoms with van der Waals surface area (Å²) in [6.45, 7) is 3.33. The Morgan fingerprint density at radius 2 is 2.11 bits per heavy atom. The Hall–Kier alpha value is -1.88. The quantitative estimate of drug-likeness (QED) is 0.797. The van der Waals surface area contributed by atoms with Crippen LogP contribution in [0.1, 0.15) is 12.5 Å². The van der Waals surface area contributed by atoms with Gasteiger partial charge in [0.25, 0.3) is 0 Å². The second-order valence-electron chi connectivity index (χ2n) is 3.75. The molecule has 3 N–H and O–H groups in total. The number of phenolic OH excluding ortho intramolecular Hbond substituents is 2. The van der Waals surface area contributed by atoms with E-state index in [2.05, 4.69) is 10.4 Å². The third-order valence-corrected chi connectivity index (χ3v) is 2.51. The first-order valence-corrected chi connectivity index (χ1v) is 5.46. The molecule has 0 saturated carbocycles. The first kappa shape index (κ1) is 14.2. The van der Waals surface area contributed by atoms with Crippen molar-refractivity contribution in [3.8, 4) is 11.5 Å². The number of anilines is 1. The van der Waals surface area contributed by atoms with Crippen LogP contribution >= 0.6 is 12.4 Å². The Balaban J connectivity index is 0.00000162. The highest BCUT2D eigenvalue weighted by Gasteiger charge is 2.03. The fourth-order valence-electron chi connectivity index (χ4n) is 1.53. The largest absolute Gasteiger partial charge is 0.508 e. The molecule has 2 aromatic rings. The molecule has 1 heterocycles. The minimum absolute atomic E-state index is 0. The number of rotatable bonds is 4. The first-order valence-electron chi connectivity index (χ1n) is 5.46. The normalized spacial score (nSPS) is 9.83. The molecular weight excluding hydrogens is 254 g/mol. The molecule has 1 aromatic heterocycles. The lowest BCUT2D eigenvalue weighted by Crippen LogP contribution is -1.99. The fraction of sp³-hybridized carbons (Fsp3) is 0.250. The summed E-state index contributed by atoms with van der Waals surface area (Å²) in [4.78, 5) is 0. The van der Waals surface area contributed by atoms with Crippen LogP contribution in [0.5, 0.6) is 11.5 Å². The van der Waals surface area contributed by atoms with Crippen LogP contribution in [-0.4, -0.2) is 20.0 Å². The van der Waals surface area contributed by atoms with Gasteiger partial charge >= 0.3 is 0 Å². The molecule has 0 spiro atoms. The Bertz CT molecular complexity index is 514. The maximum Gasteiger partial charge on any atom is 0.124 e. The van der Waals surface area contributed by atoms with Crippen LogP contribution in [0.4, 0.5) is 5.69 Å². The molecule has 0 atom stereocenters. The summed E-state index contributed by atoms with van der Waals surface area (Å²) in [6, 6.07) is 4.56. The highest BCUT2D eigenvalue weighted by atomic mass is 35.5. The number of aromatic nitrogens is 2. The van der Waals surface area contributed by atoms with E-state index in [4.69, 9.17) is 5.11 Å². The molecule has 0 bridgehead atoms. The molecule has 0 radical (unpaired) electrons. The van der Waals surface area contributed by atoms with E-state index in [-0.39, 0.29) is 23.9 Å². The van der Waals surface area contributed by atoms with Crippen molar-refractivity contribution < 1.29 is 10.2 Å². The molecule has 0 aliphatic heterocycles. The maximum atomic E-state index is 9.60. The lowest BCUT2D eigenvalue weighted by molar-refractivity contribution is 0.446. The van der Waals surface area contributed by atoms with E-state index in [9.17, 15) is 5.11 Å². The number of aromatic hydroxyl groups is 2. The van der Waals surface area contributed by atoms with Gasteiger partial charge in [-0.05, 0) is 19.1 Å². The number of phenols is 2. The topological polar surface area (TPSA) is 70.3 Å². The minimum Gasteiger partial charge on any atom is -0.508 e. The van der Waals surface area contributed by atoms with E-state index in [1.54, 1.807) is 18.3 Å². The molecule has 1 aromatic carbocycles. The average Bonchev–Trinajstić information content (AvgIpc) is 2.76. The Morgan fingerprint density at radius 1 is 1.33 bits per heavy atom. The van der Waals surface area contributed by atoms with Crippen LogP contribution in [0.3, 0.4) is 0 Å². The van der Waals surface area contributed by atoms with E-state index in [0.29, 0.717) is 6.54 Å². The summed E-state index contributed by atoms with van der Waals surface area (Å²) in [7, 11) is 0. The van der Waals surface area contributed by atoms with Crippen molar-refractivity contribution in [3.05, 3.63) is 36.2 Å². The molecule has 18 heavy (non-hydrogen) atoms. The van der Waals surface area contributed by atoms with Gasteiger partial charge in [-0.1, -0.05) is 0 Å². The van der Waals surface area contributed by atoms with Crippen LogP contribution in [0.15, 0.2) is 30.6 Å². The molecule has 0 aliphatic carbocycles. The molecule has 0 amide bonds. The highest BCUT2D eigenvalue weighted by Crippen LogP contribution is 2.23. The van der Waals surface area contributed by atoms with Gasteiger partial charge in [-0.25, -0.2) is 0 Å². The Morgan fingerprint density at radius 3 is 2.72 bits per heavy atom. The minimum atomic E-state index is 0. The smallest absolute Gasteiger partial charge is 0.124 e. The number of nitrogens with zero attached hydrogens (tertiary/aromatic N) is 2. The molecule has 5 nitrogen and oxygen atoms in total. The van der Waals surface area contributed by atoms with Gasteiger partial charge in [0.05, 0.1) is 11.9 Å². The van der Waals surface area contributed by atoms with E-state index < -0.39 is 0 Å². The highest BCUT2D eigenvalue weighted by molar-refractivity contribution is 5.85. The summed E-state index contributed by atoms with van der Waals surface area (Å²) < 4.78 is 1.82. The van der Waals surface area contributed by atoms with Gasteiger partial charge < -0.3 is 15.5 Å². The summed E-state index contributed by atoms with van der Waals surface area (Å²) >= 11 is 0. The predicted octanol–water partition coefficient (Wildman–Crippen LogP) is 2.35. The van der Waals surface area contributed by atoms with E-state index in [1.807, 2.05) is 17.8 Å². The van der Waals surface area contributed by atoms with Crippen molar-refractivity contribution in [2.45, 2.75) is 20.0 Å². The summed E-state index contributed by atoms with van der Waals surface area (Å²) in [5.74, 6) is 0.144. The van der Waals surface area contributed by atoms with Crippen molar-refractivity contribution in [1.29, 1.82) is 0 Å². The molecule has 6 heteroatoms. The monoisotopic (exact) mass is 269 g/mol. The third kappa shape index (κ3) is 3.30. The number of nitrogens with one attached hydrogen (secondary N) is 1. The molecule has 0 aliphatic rings. The molecule has 98 valence electrons. The lowest BCUT2D eigenvalue weighted by atomic mass is 10.2. The van der Waals surface area contributed by atoms with Crippen molar-refractivity contribution >= 4 is 18.1 Å². The van der Waals surface area contributed by atoms with Gasteiger partial charge in [0, 0.05) is 30.9 Å². The Kier molecular flexibility index (Phi) is 4.85. The van der Waals surface area contributed by atoms with Gasteiger partial charge in [0.2, 0.25) is 0 Å². The van der Waals surface area contributed by atoms with Crippen LogP contribution in [0.25, 0.3) is 0 Å². The molecule has 0 saturated heterocycles. The maximum absolute atomic E-state index is 9.60. The van der Waals surface area contributed by atoms with E-state index in [0.717, 1.165) is 17.8 Å². The summed E-state index contributed by atoms with van der Waals surface area (Å²) in [5, 5.41) is 26.1. The van der Waals surface area contributed by atoms with Gasteiger partial charge in [-0.2, -0.15) is 5.10 Å². The van der Waals surface area contributed by atoms with Gasteiger partial charge in [0.1, 0.15) is 11.5 Å². The zero-order valence-electron chi connectivity index (χ0n) is 10.00. The second-order valence-corrected chi connectivity index (χ2v) is 3.75. The SMILES string of the molecule is CCn1cc(NCc2ccc(O)cc2O)cn1.Cl. The van der Waals surface area contributed by atoms with Crippen LogP contribution in [-0.2, 0) is 13.1 Å². The number of aryl methyl sites for hydroxylation is 1. The van der Waals surface area contributed by atoms with Crippen LogP contribution in [0.2, 0.25) is 0 Å². The second kappa shape index (κ2) is 6.16. The van der Waals surface area contributed by atoms with Crippen LogP contribution < -0.4 is 5.32 Å². The van der Waals surface area contributed by atoms with Crippen molar-refractivity contribution in [1.82, 2.24) is 9.78 Å². The molecular formula is C12H16ClN3O2. The number of benzene rings is 1. The van der Waals surface area contributed by atoms with Crippen molar-refractivity contribution in [2.75, 3.05) is 5.32 Å². The van der Waals surface area contributed by atoms with E-state index >= 15 is 0 Å². The summed E-state index contributed by atoms with van der Waals surface area (Å²) in [6.07, 6.45) is 3.64. The van der Waals surface area contributed by atoms with Gasteiger partial charge in [-0.3, -0.25) is 4.68 Å². The number of hydrogen-bond acceptors (Lipinski definition) is 4. The zero-order valence-corrected chi connectivity index (χ0v) is 10.8. The average molecular weight is 270 g/mol. The Labute approximate surface area is 111 Å².